The van der Waals surface area contributed by atoms with Gasteiger partial charge in [0.2, 0.25) is 0 Å². The van der Waals surface area contributed by atoms with Crippen LogP contribution in [0.1, 0.15) is 45.3 Å². The van der Waals surface area contributed by atoms with Gasteiger partial charge in [-0.05, 0) is 36.8 Å². The maximum atomic E-state index is 5.36. The van der Waals surface area contributed by atoms with Crippen molar-refractivity contribution in [3.05, 3.63) is 24.2 Å². The lowest BCUT2D eigenvalue weighted by atomic mass is 9.78. The van der Waals surface area contributed by atoms with Crippen LogP contribution >= 0.6 is 0 Å². The van der Waals surface area contributed by atoms with Crippen molar-refractivity contribution in [2.45, 2.75) is 52.1 Å². The van der Waals surface area contributed by atoms with E-state index in [0.29, 0.717) is 6.04 Å². The highest BCUT2D eigenvalue weighted by Crippen LogP contribution is 2.30. The second-order valence-electron chi connectivity index (χ2n) is 5.26. The Morgan fingerprint density at radius 2 is 2.19 bits per heavy atom. The van der Waals surface area contributed by atoms with Crippen molar-refractivity contribution in [3.8, 4) is 0 Å². The van der Waals surface area contributed by atoms with Gasteiger partial charge in [-0.25, -0.2) is 0 Å². The molecule has 0 amide bonds. The van der Waals surface area contributed by atoms with Crippen LogP contribution < -0.4 is 5.32 Å². The number of furan rings is 1. The summed E-state index contributed by atoms with van der Waals surface area (Å²) in [5, 5.41) is 3.66. The number of hydrogen-bond donors (Lipinski definition) is 1. The third kappa shape index (κ3) is 2.88. The van der Waals surface area contributed by atoms with Gasteiger partial charge in [-0.1, -0.05) is 26.7 Å². The van der Waals surface area contributed by atoms with Gasteiger partial charge in [0.15, 0.2) is 0 Å². The average molecular weight is 221 g/mol. The standard InChI is InChI=1S/C14H23NO/c1-11(2)13-7-3-4-8-14(13)15-10-12-6-5-9-16-12/h5-6,9,11,13-15H,3-4,7-8,10H2,1-2H3. The number of hydrogen-bond acceptors (Lipinski definition) is 2. The van der Waals surface area contributed by atoms with Gasteiger partial charge in [0, 0.05) is 6.04 Å². The lowest BCUT2D eigenvalue weighted by Crippen LogP contribution is -2.40. The predicted molar refractivity (Wildman–Crippen MR) is 66.1 cm³/mol. The lowest BCUT2D eigenvalue weighted by molar-refractivity contribution is 0.201. The molecule has 2 rings (SSSR count). The quantitative estimate of drug-likeness (QED) is 0.840. The highest BCUT2D eigenvalue weighted by atomic mass is 16.3. The Kier molecular flexibility index (Phi) is 4.05. The van der Waals surface area contributed by atoms with Gasteiger partial charge in [-0.3, -0.25) is 0 Å². The largest absolute Gasteiger partial charge is 0.468 e. The van der Waals surface area contributed by atoms with Crippen LogP contribution in [0.2, 0.25) is 0 Å². The Bertz CT molecular complexity index is 292. The fourth-order valence-corrected chi connectivity index (χ4v) is 2.86. The molecule has 0 aromatic carbocycles. The highest BCUT2D eigenvalue weighted by Gasteiger charge is 2.26. The number of rotatable bonds is 4. The van der Waals surface area contributed by atoms with Crippen LogP contribution in [-0.2, 0) is 6.54 Å². The third-order valence-electron chi connectivity index (χ3n) is 3.79. The van der Waals surface area contributed by atoms with Crippen LogP contribution in [0.3, 0.4) is 0 Å². The molecule has 16 heavy (non-hydrogen) atoms. The first-order chi connectivity index (χ1) is 7.77. The molecule has 0 aliphatic heterocycles. The van der Waals surface area contributed by atoms with Gasteiger partial charge in [-0.2, -0.15) is 0 Å². The molecule has 2 nitrogen and oxygen atoms in total. The van der Waals surface area contributed by atoms with Crippen molar-refractivity contribution in [2.24, 2.45) is 11.8 Å². The summed E-state index contributed by atoms with van der Waals surface area (Å²) in [7, 11) is 0. The zero-order chi connectivity index (χ0) is 11.4. The zero-order valence-electron chi connectivity index (χ0n) is 10.4. The van der Waals surface area contributed by atoms with E-state index >= 15 is 0 Å². The summed E-state index contributed by atoms with van der Waals surface area (Å²) in [6, 6.07) is 4.68. The fraction of sp³-hybridized carbons (Fsp3) is 0.714. The van der Waals surface area contributed by atoms with E-state index in [1.54, 1.807) is 6.26 Å². The molecule has 1 saturated carbocycles. The molecule has 1 aromatic rings. The molecule has 0 radical (unpaired) electrons. The van der Waals surface area contributed by atoms with Crippen molar-refractivity contribution in [1.82, 2.24) is 5.32 Å². The first-order valence-electron chi connectivity index (χ1n) is 6.53. The Morgan fingerprint density at radius 3 is 2.88 bits per heavy atom. The van der Waals surface area contributed by atoms with Crippen LogP contribution in [0.4, 0.5) is 0 Å². The van der Waals surface area contributed by atoms with Gasteiger partial charge in [-0.15, -0.1) is 0 Å². The molecule has 0 spiro atoms. The SMILES string of the molecule is CC(C)C1CCCCC1NCc1ccco1. The van der Waals surface area contributed by atoms with E-state index < -0.39 is 0 Å². The lowest BCUT2D eigenvalue weighted by Gasteiger charge is -2.34. The van der Waals surface area contributed by atoms with Crippen molar-refractivity contribution in [3.63, 3.8) is 0 Å². The van der Waals surface area contributed by atoms with Crippen LogP contribution in [0.25, 0.3) is 0 Å². The minimum Gasteiger partial charge on any atom is -0.468 e. The third-order valence-corrected chi connectivity index (χ3v) is 3.79. The second kappa shape index (κ2) is 5.53. The molecule has 1 heterocycles. The molecule has 0 bridgehead atoms. The van der Waals surface area contributed by atoms with Crippen LogP contribution in [0.15, 0.2) is 22.8 Å². The maximum Gasteiger partial charge on any atom is 0.117 e. The molecule has 1 aliphatic rings. The first kappa shape index (κ1) is 11.7. The van der Waals surface area contributed by atoms with E-state index in [1.165, 1.54) is 25.7 Å². The normalized spacial score (nSPS) is 26.2. The molecule has 1 fully saturated rings. The van der Waals surface area contributed by atoms with Crippen molar-refractivity contribution in [1.29, 1.82) is 0 Å². The summed E-state index contributed by atoms with van der Waals surface area (Å²) in [5.74, 6) is 2.67. The summed E-state index contributed by atoms with van der Waals surface area (Å²) >= 11 is 0. The summed E-state index contributed by atoms with van der Waals surface area (Å²) in [6.07, 6.45) is 7.23. The van der Waals surface area contributed by atoms with Crippen LogP contribution in [0, 0.1) is 11.8 Å². The monoisotopic (exact) mass is 221 g/mol. The molecule has 1 aliphatic carbocycles. The van der Waals surface area contributed by atoms with Crippen molar-refractivity contribution >= 4 is 0 Å². The Balaban J connectivity index is 1.86. The Hall–Kier alpha value is -0.760. The molecule has 2 unspecified atom stereocenters. The van der Waals surface area contributed by atoms with Crippen molar-refractivity contribution in [2.75, 3.05) is 0 Å². The number of nitrogens with one attached hydrogen (secondary N) is 1. The molecular formula is C14H23NO. The molecule has 2 atom stereocenters. The van der Waals surface area contributed by atoms with Gasteiger partial charge < -0.3 is 9.73 Å². The van der Waals surface area contributed by atoms with E-state index in [9.17, 15) is 0 Å². The summed E-state index contributed by atoms with van der Waals surface area (Å²) in [5.41, 5.74) is 0. The first-order valence-corrected chi connectivity index (χ1v) is 6.53. The average Bonchev–Trinajstić information content (AvgIpc) is 2.79. The molecule has 2 heteroatoms. The second-order valence-corrected chi connectivity index (χ2v) is 5.26. The molecule has 0 saturated heterocycles. The van der Waals surface area contributed by atoms with E-state index in [0.717, 1.165) is 24.1 Å². The molecule has 1 N–H and O–H groups in total. The van der Waals surface area contributed by atoms with Gasteiger partial charge >= 0.3 is 0 Å². The minimum absolute atomic E-state index is 0.679. The summed E-state index contributed by atoms with van der Waals surface area (Å²) in [4.78, 5) is 0. The Morgan fingerprint density at radius 1 is 1.38 bits per heavy atom. The van der Waals surface area contributed by atoms with Gasteiger partial charge in [0.25, 0.3) is 0 Å². The minimum atomic E-state index is 0.679. The zero-order valence-corrected chi connectivity index (χ0v) is 10.4. The van der Waals surface area contributed by atoms with E-state index in [4.69, 9.17) is 4.42 Å². The topological polar surface area (TPSA) is 25.2 Å². The van der Waals surface area contributed by atoms with E-state index in [1.807, 2.05) is 12.1 Å². The van der Waals surface area contributed by atoms with E-state index in [-0.39, 0.29) is 0 Å². The maximum absolute atomic E-state index is 5.36. The van der Waals surface area contributed by atoms with Crippen LogP contribution in [-0.4, -0.2) is 6.04 Å². The summed E-state index contributed by atoms with van der Waals surface area (Å²) in [6.45, 7) is 5.57. The highest BCUT2D eigenvalue weighted by molar-refractivity contribution is 4.98. The molecule has 90 valence electrons. The van der Waals surface area contributed by atoms with Gasteiger partial charge in [0.05, 0.1) is 12.8 Å². The van der Waals surface area contributed by atoms with Crippen molar-refractivity contribution < 1.29 is 4.42 Å². The predicted octanol–water partition coefficient (Wildman–Crippen LogP) is 3.58. The molecular weight excluding hydrogens is 198 g/mol. The fourth-order valence-electron chi connectivity index (χ4n) is 2.86. The molecule has 1 aromatic heterocycles. The van der Waals surface area contributed by atoms with E-state index in [2.05, 4.69) is 19.2 Å². The smallest absolute Gasteiger partial charge is 0.117 e. The Labute approximate surface area is 98.4 Å². The van der Waals surface area contributed by atoms with Crippen LogP contribution in [0.5, 0.6) is 0 Å². The summed E-state index contributed by atoms with van der Waals surface area (Å²) < 4.78 is 5.36. The van der Waals surface area contributed by atoms with Gasteiger partial charge in [0.1, 0.15) is 5.76 Å².